The van der Waals surface area contributed by atoms with Gasteiger partial charge >= 0.3 is 5.97 Å². The molecular weight excluding hydrogens is 280 g/mol. The maximum absolute atomic E-state index is 11.7. The molecule has 1 aromatic carbocycles. The molecule has 1 aromatic heterocycles. The van der Waals surface area contributed by atoms with Crippen molar-refractivity contribution in [1.82, 2.24) is 10.3 Å². The summed E-state index contributed by atoms with van der Waals surface area (Å²) in [7, 11) is 0. The molecule has 0 aliphatic rings. The van der Waals surface area contributed by atoms with E-state index in [2.05, 4.69) is 10.3 Å². The van der Waals surface area contributed by atoms with Crippen LogP contribution in [0.25, 0.3) is 0 Å². The zero-order chi connectivity index (χ0) is 15.8. The molecule has 2 rings (SSSR count). The van der Waals surface area contributed by atoms with E-state index in [4.69, 9.17) is 4.74 Å². The maximum Gasteiger partial charge on any atom is 0.357 e. The van der Waals surface area contributed by atoms with E-state index in [1.807, 2.05) is 37.3 Å². The van der Waals surface area contributed by atoms with E-state index in [0.717, 1.165) is 5.56 Å². The molecule has 1 amide bonds. The topological polar surface area (TPSA) is 68.3 Å². The second-order valence-electron chi connectivity index (χ2n) is 4.91. The highest BCUT2D eigenvalue weighted by molar-refractivity contribution is 5.89. The quantitative estimate of drug-likeness (QED) is 0.830. The van der Waals surface area contributed by atoms with Crippen molar-refractivity contribution in [3.05, 3.63) is 66.0 Å². The molecule has 0 saturated heterocycles. The van der Waals surface area contributed by atoms with E-state index >= 15 is 0 Å². The molecule has 0 aliphatic carbocycles. The third-order valence-electron chi connectivity index (χ3n) is 3.18. The van der Waals surface area contributed by atoms with Gasteiger partial charge in [0, 0.05) is 12.7 Å². The summed E-state index contributed by atoms with van der Waals surface area (Å²) in [6.45, 7) is 2.20. The van der Waals surface area contributed by atoms with Crippen LogP contribution in [0.2, 0.25) is 0 Å². The molecule has 114 valence electrons. The fourth-order valence-electron chi connectivity index (χ4n) is 1.91. The molecule has 0 unspecified atom stereocenters. The standard InChI is InChI=1S/C17H18N2O3/c1-13(14-7-3-2-4-8-14)11-19-16(20)12-22-17(21)15-9-5-6-10-18-15/h2-10,13H,11-12H2,1H3,(H,19,20)/t13-/m1/s1. The second kappa shape index (κ2) is 7.93. The molecule has 1 atom stereocenters. The van der Waals surface area contributed by atoms with Gasteiger partial charge in [-0.1, -0.05) is 43.3 Å². The Morgan fingerprint density at radius 3 is 2.55 bits per heavy atom. The van der Waals surface area contributed by atoms with Gasteiger partial charge in [-0.05, 0) is 23.6 Å². The van der Waals surface area contributed by atoms with Gasteiger partial charge in [0.2, 0.25) is 0 Å². The summed E-state index contributed by atoms with van der Waals surface area (Å²) in [6, 6.07) is 14.8. The fraction of sp³-hybridized carbons (Fsp3) is 0.235. The number of aromatic nitrogens is 1. The van der Waals surface area contributed by atoms with Crippen molar-refractivity contribution < 1.29 is 14.3 Å². The van der Waals surface area contributed by atoms with Gasteiger partial charge in [0.1, 0.15) is 5.69 Å². The number of carbonyl (C=O) groups is 2. The van der Waals surface area contributed by atoms with Crippen LogP contribution >= 0.6 is 0 Å². The first-order valence-electron chi connectivity index (χ1n) is 7.06. The van der Waals surface area contributed by atoms with Gasteiger partial charge in [0.05, 0.1) is 0 Å². The molecule has 5 heteroatoms. The minimum Gasteiger partial charge on any atom is -0.451 e. The number of benzene rings is 1. The van der Waals surface area contributed by atoms with Gasteiger partial charge in [-0.3, -0.25) is 4.79 Å². The van der Waals surface area contributed by atoms with Crippen LogP contribution in [0.15, 0.2) is 54.7 Å². The Kier molecular flexibility index (Phi) is 5.65. The summed E-state index contributed by atoms with van der Waals surface area (Å²) in [6.07, 6.45) is 1.50. The summed E-state index contributed by atoms with van der Waals surface area (Å²) in [5.41, 5.74) is 1.33. The van der Waals surface area contributed by atoms with Crippen LogP contribution in [0.5, 0.6) is 0 Å². The predicted octanol–water partition coefficient (Wildman–Crippen LogP) is 2.16. The number of hydrogen-bond acceptors (Lipinski definition) is 4. The van der Waals surface area contributed by atoms with Crippen molar-refractivity contribution >= 4 is 11.9 Å². The Hall–Kier alpha value is -2.69. The smallest absolute Gasteiger partial charge is 0.357 e. The molecule has 0 aliphatic heterocycles. The van der Waals surface area contributed by atoms with Crippen LogP contribution in [0, 0.1) is 0 Å². The van der Waals surface area contributed by atoms with Crippen molar-refractivity contribution in [3.8, 4) is 0 Å². The first kappa shape index (κ1) is 15.7. The Morgan fingerprint density at radius 1 is 1.14 bits per heavy atom. The van der Waals surface area contributed by atoms with Gasteiger partial charge in [-0.25, -0.2) is 9.78 Å². The lowest BCUT2D eigenvalue weighted by Gasteiger charge is -2.13. The molecule has 0 bridgehead atoms. The molecule has 22 heavy (non-hydrogen) atoms. The van der Waals surface area contributed by atoms with E-state index in [0.29, 0.717) is 6.54 Å². The summed E-state index contributed by atoms with van der Waals surface area (Å²) in [5.74, 6) is -0.740. The first-order valence-corrected chi connectivity index (χ1v) is 7.06. The highest BCUT2D eigenvalue weighted by Crippen LogP contribution is 2.12. The van der Waals surface area contributed by atoms with Crippen LogP contribution < -0.4 is 5.32 Å². The first-order chi connectivity index (χ1) is 10.7. The van der Waals surface area contributed by atoms with Gasteiger partial charge in [0.15, 0.2) is 6.61 Å². The number of nitrogens with one attached hydrogen (secondary N) is 1. The highest BCUT2D eigenvalue weighted by Gasteiger charge is 2.12. The Bertz CT molecular complexity index is 614. The van der Waals surface area contributed by atoms with E-state index in [9.17, 15) is 9.59 Å². The SMILES string of the molecule is C[C@H](CNC(=O)COC(=O)c1ccccn1)c1ccccc1. The number of carbonyl (C=O) groups excluding carboxylic acids is 2. The summed E-state index contributed by atoms with van der Waals surface area (Å²) in [5, 5.41) is 2.75. The summed E-state index contributed by atoms with van der Waals surface area (Å²) in [4.78, 5) is 27.2. The number of hydrogen-bond donors (Lipinski definition) is 1. The zero-order valence-corrected chi connectivity index (χ0v) is 12.4. The minimum absolute atomic E-state index is 0.188. The summed E-state index contributed by atoms with van der Waals surface area (Å²) >= 11 is 0. The van der Waals surface area contributed by atoms with Gasteiger partial charge in [-0.15, -0.1) is 0 Å². The van der Waals surface area contributed by atoms with Crippen LogP contribution in [-0.4, -0.2) is 30.0 Å². The Labute approximate surface area is 129 Å². The third-order valence-corrected chi connectivity index (χ3v) is 3.18. The van der Waals surface area contributed by atoms with E-state index in [1.54, 1.807) is 12.1 Å². The van der Waals surface area contributed by atoms with E-state index in [1.165, 1.54) is 12.3 Å². The molecule has 1 N–H and O–H groups in total. The van der Waals surface area contributed by atoms with Crippen molar-refractivity contribution in [3.63, 3.8) is 0 Å². The molecule has 5 nitrogen and oxygen atoms in total. The molecule has 2 aromatic rings. The average Bonchev–Trinajstić information content (AvgIpc) is 2.59. The van der Waals surface area contributed by atoms with Crippen molar-refractivity contribution in [2.45, 2.75) is 12.8 Å². The Balaban J connectivity index is 1.73. The van der Waals surface area contributed by atoms with Crippen molar-refractivity contribution in [2.24, 2.45) is 0 Å². The number of nitrogens with zero attached hydrogens (tertiary/aromatic N) is 1. The van der Waals surface area contributed by atoms with Gasteiger partial charge in [-0.2, -0.15) is 0 Å². The van der Waals surface area contributed by atoms with E-state index in [-0.39, 0.29) is 24.1 Å². The molecule has 1 heterocycles. The lowest BCUT2D eigenvalue weighted by molar-refractivity contribution is -0.124. The van der Waals surface area contributed by atoms with Crippen LogP contribution in [0.1, 0.15) is 28.9 Å². The van der Waals surface area contributed by atoms with Crippen LogP contribution in [0.4, 0.5) is 0 Å². The lowest BCUT2D eigenvalue weighted by Crippen LogP contribution is -2.31. The van der Waals surface area contributed by atoms with E-state index < -0.39 is 5.97 Å². The average molecular weight is 298 g/mol. The number of amides is 1. The van der Waals surface area contributed by atoms with Crippen LogP contribution in [0.3, 0.4) is 0 Å². The summed E-state index contributed by atoms with van der Waals surface area (Å²) < 4.78 is 4.91. The third kappa shape index (κ3) is 4.70. The number of rotatable bonds is 6. The molecule has 0 fully saturated rings. The Morgan fingerprint density at radius 2 is 1.86 bits per heavy atom. The van der Waals surface area contributed by atoms with Crippen molar-refractivity contribution in [1.29, 1.82) is 0 Å². The number of ether oxygens (including phenoxy) is 1. The molecule has 0 saturated carbocycles. The predicted molar refractivity (Wildman–Crippen MR) is 82.4 cm³/mol. The lowest BCUT2D eigenvalue weighted by atomic mass is 10.0. The highest BCUT2D eigenvalue weighted by atomic mass is 16.5. The number of pyridine rings is 1. The van der Waals surface area contributed by atoms with Crippen molar-refractivity contribution in [2.75, 3.05) is 13.2 Å². The molecule has 0 spiro atoms. The molecular formula is C17H18N2O3. The van der Waals surface area contributed by atoms with Gasteiger partial charge in [0.25, 0.3) is 5.91 Å². The largest absolute Gasteiger partial charge is 0.451 e. The number of esters is 1. The zero-order valence-electron chi connectivity index (χ0n) is 12.4. The maximum atomic E-state index is 11.7. The monoisotopic (exact) mass is 298 g/mol. The normalized spacial score (nSPS) is 11.5. The molecule has 0 radical (unpaired) electrons. The van der Waals surface area contributed by atoms with Crippen LogP contribution in [-0.2, 0) is 9.53 Å². The fourth-order valence-corrected chi connectivity index (χ4v) is 1.91. The second-order valence-corrected chi connectivity index (χ2v) is 4.91. The van der Waals surface area contributed by atoms with Gasteiger partial charge < -0.3 is 10.1 Å². The minimum atomic E-state index is -0.605.